The van der Waals surface area contributed by atoms with Gasteiger partial charge in [0.15, 0.2) is 0 Å². The lowest BCUT2D eigenvalue weighted by Crippen LogP contribution is -2.41. The van der Waals surface area contributed by atoms with E-state index in [0.717, 1.165) is 32.8 Å². The fraction of sp³-hybridized carbons (Fsp3) is 0.897. The number of hydrogen-bond donors (Lipinski definition) is 2. The summed E-state index contributed by atoms with van der Waals surface area (Å²) < 4.78 is 32.2. The Hall–Kier alpha value is -0.770. The molecule has 0 amide bonds. The zero-order chi connectivity index (χ0) is 35.5. The van der Waals surface area contributed by atoms with E-state index in [0.29, 0.717) is 0 Å². The predicted octanol–water partition coefficient (Wildman–Crippen LogP) is 10.2. The molecule has 2 atom stereocenters. The maximum atomic E-state index is 10.0. The molecule has 47 heavy (non-hydrogen) atoms. The third-order valence-corrected chi connectivity index (χ3v) is 9.31. The van der Waals surface area contributed by atoms with Gasteiger partial charge in [0.1, 0.15) is 0 Å². The lowest BCUT2D eigenvalue weighted by Gasteiger charge is -2.30. The second-order valence-electron chi connectivity index (χ2n) is 14.2. The van der Waals surface area contributed by atoms with Gasteiger partial charge in [0.25, 0.3) is 0 Å². The summed E-state index contributed by atoms with van der Waals surface area (Å²) in [6, 6.07) is 0. The Morgan fingerprint density at radius 3 is 1.23 bits per heavy atom. The van der Waals surface area contributed by atoms with Crippen LogP contribution in [0.25, 0.3) is 0 Å². The van der Waals surface area contributed by atoms with Crippen LogP contribution >= 0.6 is 0 Å². The van der Waals surface area contributed by atoms with Crippen LogP contribution in [0.2, 0.25) is 0 Å². The van der Waals surface area contributed by atoms with Gasteiger partial charge in [-0.3, -0.25) is 4.18 Å². The van der Waals surface area contributed by atoms with E-state index < -0.39 is 10.4 Å². The molecule has 0 aliphatic rings. The van der Waals surface area contributed by atoms with Crippen molar-refractivity contribution in [3.05, 3.63) is 24.3 Å². The second-order valence-corrected chi connectivity index (χ2v) is 15.3. The number of allylic oxidation sites excluding steroid dienone is 2. The number of unbranched alkanes of at least 4 members (excludes halogenated alkanes) is 18. The standard InChI is InChI=1S/C38H76NO2.CH4O4S/c1-5-7-9-25-31-37(40)33-27-21-17-13-11-15-19-23-29-35-39(3,4)36-30-24-20-16-12-14-18-22-28-34-38(41)32-26-10-8-6-2;1-5-6(2,3)4/h21-22,27-28,37-38,40-41H,5-20,23-26,29-36H2,1-4H3;1H3,(H,2,3,4)/q+1;/p-1/b27-21-,28-22-;/t37-,38-;/m1./s1. The summed E-state index contributed by atoms with van der Waals surface area (Å²) in [6.07, 6.45) is 41.0. The zero-order valence-electron chi connectivity index (χ0n) is 31.6. The molecule has 0 saturated heterocycles. The molecule has 0 bridgehead atoms. The summed E-state index contributed by atoms with van der Waals surface area (Å²) >= 11 is 0. The molecular weight excluding hydrogens is 610 g/mol. The third-order valence-electron chi connectivity index (χ3n) is 8.90. The van der Waals surface area contributed by atoms with Crippen LogP contribution in [-0.2, 0) is 14.6 Å². The molecule has 0 aliphatic carbocycles. The van der Waals surface area contributed by atoms with E-state index in [9.17, 15) is 23.2 Å². The topological polar surface area (TPSA) is 107 Å². The lowest BCUT2D eigenvalue weighted by molar-refractivity contribution is -0.890. The van der Waals surface area contributed by atoms with Gasteiger partial charge >= 0.3 is 0 Å². The van der Waals surface area contributed by atoms with Gasteiger partial charge in [-0.05, 0) is 77.0 Å². The Morgan fingerprint density at radius 1 is 0.574 bits per heavy atom. The summed E-state index contributed by atoms with van der Waals surface area (Å²) in [5.74, 6) is 0. The van der Waals surface area contributed by atoms with Gasteiger partial charge in [-0.25, -0.2) is 8.42 Å². The van der Waals surface area contributed by atoms with Crippen molar-refractivity contribution >= 4 is 10.4 Å². The zero-order valence-corrected chi connectivity index (χ0v) is 32.5. The molecule has 0 spiro atoms. The molecule has 0 aliphatic heterocycles. The molecule has 0 saturated carbocycles. The Morgan fingerprint density at radius 2 is 0.894 bits per heavy atom. The summed E-state index contributed by atoms with van der Waals surface area (Å²) in [5, 5.41) is 20.1. The third kappa shape index (κ3) is 43.2. The van der Waals surface area contributed by atoms with Crippen LogP contribution in [0, 0.1) is 0 Å². The molecule has 2 N–H and O–H groups in total. The molecule has 8 heteroatoms. The first-order valence-electron chi connectivity index (χ1n) is 19.5. The number of hydrogen-bond acceptors (Lipinski definition) is 6. The quantitative estimate of drug-likeness (QED) is 0.0234. The largest absolute Gasteiger partial charge is 0.726 e. The molecule has 7 nitrogen and oxygen atoms in total. The smallest absolute Gasteiger partial charge is 0.217 e. The molecule has 0 radical (unpaired) electrons. The predicted molar refractivity (Wildman–Crippen MR) is 200 cm³/mol. The fourth-order valence-electron chi connectivity index (χ4n) is 5.72. The van der Waals surface area contributed by atoms with Gasteiger partial charge in [-0.15, -0.1) is 0 Å². The second kappa shape index (κ2) is 35.1. The molecule has 0 aromatic heterocycles. The summed E-state index contributed by atoms with van der Waals surface area (Å²) in [4.78, 5) is 0. The van der Waals surface area contributed by atoms with Crippen LogP contribution < -0.4 is 0 Å². The Balaban J connectivity index is 0. The van der Waals surface area contributed by atoms with E-state index in [1.165, 1.54) is 159 Å². The van der Waals surface area contributed by atoms with Crippen LogP contribution in [0.3, 0.4) is 0 Å². The van der Waals surface area contributed by atoms with E-state index in [2.05, 4.69) is 56.4 Å². The highest BCUT2D eigenvalue weighted by atomic mass is 32.3. The van der Waals surface area contributed by atoms with Crippen LogP contribution in [0.15, 0.2) is 24.3 Å². The number of nitrogens with zero attached hydrogens (tertiary/aromatic N) is 1. The van der Waals surface area contributed by atoms with Crippen molar-refractivity contribution < 1.29 is 31.8 Å². The number of aliphatic hydroxyl groups excluding tert-OH is 2. The Bertz CT molecular complexity index is 751. The minimum absolute atomic E-state index is 0.134. The van der Waals surface area contributed by atoms with Crippen molar-refractivity contribution in [2.75, 3.05) is 34.3 Å². The summed E-state index contributed by atoms with van der Waals surface area (Å²) in [6.45, 7) is 7.11. The molecule has 0 aromatic rings. The number of quaternary nitrogens is 1. The summed E-state index contributed by atoms with van der Waals surface area (Å²) in [7, 11) is 1.24. The van der Waals surface area contributed by atoms with E-state index >= 15 is 0 Å². The maximum Gasteiger partial charge on any atom is 0.217 e. The van der Waals surface area contributed by atoms with Crippen molar-refractivity contribution in [2.45, 2.75) is 193 Å². The van der Waals surface area contributed by atoms with Crippen LogP contribution in [0.5, 0.6) is 0 Å². The van der Waals surface area contributed by atoms with Crippen LogP contribution in [0.1, 0.15) is 181 Å². The monoisotopic (exact) mass is 690 g/mol. The fourth-order valence-corrected chi connectivity index (χ4v) is 5.72. The Kier molecular flexibility index (Phi) is 36.1. The van der Waals surface area contributed by atoms with Gasteiger partial charge in [0.05, 0.1) is 46.5 Å². The Labute approximate surface area is 293 Å². The molecule has 282 valence electrons. The first kappa shape index (κ1) is 48.3. The average molecular weight is 690 g/mol. The minimum Gasteiger partial charge on any atom is -0.726 e. The van der Waals surface area contributed by atoms with Crippen LogP contribution in [-0.4, -0.2) is 74.2 Å². The summed E-state index contributed by atoms with van der Waals surface area (Å²) in [5.41, 5.74) is 0. The van der Waals surface area contributed by atoms with Crippen LogP contribution in [0.4, 0.5) is 0 Å². The van der Waals surface area contributed by atoms with Crippen molar-refractivity contribution in [1.82, 2.24) is 0 Å². The van der Waals surface area contributed by atoms with E-state index in [1.807, 2.05) is 0 Å². The SMILES string of the molecule is CCCCCC[C@@H](O)C/C=C\CCCCCCCC[N+](C)(C)CCCCCCCC/C=C\C[C@H](O)CCCCCC.COS(=O)(=O)[O-]. The van der Waals surface area contributed by atoms with Gasteiger partial charge in [0, 0.05) is 0 Å². The maximum absolute atomic E-state index is 10.0. The highest BCUT2D eigenvalue weighted by Crippen LogP contribution is 2.14. The molecule has 0 heterocycles. The highest BCUT2D eigenvalue weighted by molar-refractivity contribution is 7.80. The first-order chi connectivity index (χ1) is 22.5. The molecule has 0 rings (SSSR count). The van der Waals surface area contributed by atoms with E-state index in [1.54, 1.807) is 0 Å². The van der Waals surface area contributed by atoms with Gasteiger partial charge in [-0.1, -0.05) is 128 Å². The molecular formula is C39H79NO6S. The first-order valence-corrected chi connectivity index (χ1v) is 20.8. The van der Waals surface area contributed by atoms with Crippen molar-refractivity contribution in [3.8, 4) is 0 Å². The minimum atomic E-state index is -4.41. The molecule has 0 fully saturated rings. The van der Waals surface area contributed by atoms with E-state index in [-0.39, 0.29) is 12.2 Å². The average Bonchev–Trinajstić information content (AvgIpc) is 3.02. The van der Waals surface area contributed by atoms with Gasteiger partial charge in [-0.2, -0.15) is 0 Å². The van der Waals surface area contributed by atoms with Crippen molar-refractivity contribution in [1.29, 1.82) is 0 Å². The van der Waals surface area contributed by atoms with Crippen molar-refractivity contribution in [2.24, 2.45) is 0 Å². The number of rotatable bonds is 33. The van der Waals surface area contributed by atoms with Gasteiger partial charge < -0.3 is 19.2 Å². The highest BCUT2D eigenvalue weighted by Gasteiger charge is 2.13. The van der Waals surface area contributed by atoms with Gasteiger partial charge in [0.2, 0.25) is 10.4 Å². The lowest BCUT2D eigenvalue weighted by atomic mass is 10.1. The molecule has 0 unspecified atom stereocenters. The normalized spacial score (nSPS) is 13.7. The van der Waals surface area contributed by atoms with E-state index in [4.69, 9.17) is 0 Å². The molecule has 0 aromatic carbocycles. The van der Waals surface area contributed by atoms with Crippen molar-refractivity contribution in [3.63, 3.8) is 0 Å². The number of aliphatic hydroxyl groups is 2.